The summed E-state index contributed by atoms with van der Waals surface area (Å²) in [7, 11) is 0. The van der Waals surface area contributed by atoms with Gasteiger partial charge < -0.3 is 0 Å². The van der Waals surface area contributed by atoms with Gasteiger partial charge in [0.2, 0.25) is 0 Å². The number of hydrogen-bond acceptors (Lipinski definition) is 1. The van der Waals surface area contributed by atoms with Crippen LogP contribution in [0, 0.1) is 5.38 Å². The molecule has 1 aromatic heterocycles. The Kier molecular flexibility index (Phi) is 9.93. The number of halogens is 2. The Bertz CT molecular complexity index is 80.9. The molecular weight excluding hydrogens is 264 g/mol. The Labute approximate surface area is 75.1 Å². The molecule has 8 heavy (non-hydrogen) atoms. The minimum atomic E-state index is 0.0417. The van der Waals surface area contributed by atoms with E-state index in [9.17, 15) is 0 Å². The molecule has 0 aliphatic rings. The molecule has 0 aliphatic heterocycles. The van der Waals surface area contributed by atoms with E-state index in [2.05, 4.69) is 31.1 Å². The van der Waals surface area contributed by atoms with E-state index in [-0.39, 0.29) is 16.0 Å². The average molecular weight is 267 g/mol. The SMILES string of the molecule is [Br][Mg][Br].[c]1cccs1. The summed E-state index contributed by atoms with van der Waals surface area (Å²) in [6, 6.07) is 3.86. The van der Waals surface area contributed by atoms with Crippen molar-refractivity contribution in [3.63, 3.8) is 0 Å². The van der Waals surface area contributed by atoms with Gasteiger partial charge in [0.1, 0.15) is 0 Å². The number of rotatable bonds is 0. The first kappa shape index (κ1) is 9.43. The molecular formula is C4H3Br2MgS. The van der Waals surface area contributed by atoms with Crippen molar-refractivity contribution in [1.82, 2.24) is 0 Å². The first-order valence-electron chi connectivity index (χ1n) is 1.93. The lowest BCUT2D eigenvalue weighted by Crippen LogP contribution is -1.31. The van der Waals surface area contributed by atoms with Crippen molar-refractivity contribution in [1.29, 1.82) is 0 Å². The lowest BCUT2D eigenvalue weighted by atomic mass is 10.7. The second kappa shape index (κ2) is 8.43. The molecule has 0 aliphatic carbocycles. The highest BCUT2D eigenvalue weighted by Crippen LogP contribution is 1.90. The normalized spacial score (nSPS) is 6.25. The zero-order valence-electron chi connectivity index (χ0n) is 4.10. The van der Waals surface area contributed by atoms with Gasteiger partial charge in [-0.15, -0.1) is 11.3 Å². The molecule has 0 saturated carbocycles. The van der Waals surface area contributed by atoms with Crippen LogP contribution in [0.15, 0.2) is 17.5 Å². The van der Waals surface area contributed by atoms with Crippen LogP contribution in [0.3, 0.4) is 0 Å². The zero-order chi connectivity index (χ0) is 6.24. The minimum Gasteiger partial charge on any atom is -0.280 e. The number of thiophene rings is 1. The van der Waals surface area contributed by atoms with Gasteiger partial charge in [-0.25, -0.2) is 0 Å². The fourth-order valence-corrected chi connectivity index (χ4v) is 0.589. The van der Waals surface area contributed by atoms with E-state index < -0.39 is 0 Å². The van der Waals surface area contributed by atoms with Crippen LogP contribution < -0.4 is 0 Å². The molecule has 1 heterocycles. The predicted octanol–water partition coefficient (Wildman–Crippen LogP) is 2.86. The van der Waals surface area contributed by atoms with Crippen LogP contribution in [0.4, 0.5) is 0 Å². The Morgan fingerprint density at radius 1 is 1.50 bits per heavy atom. The average Bonchev–Trinajstić information content (AvgIpc) is 2.17. The van der Waals surface area contributed by atoms with Crippen molar-refractivity contribution in [2.75, 3.05) is 0 Å². The van der Waals surface area contributed by atoms with Gasteiger partial charge in [0.05, 0.1) is 0 Å². The quantitative estimate of drug-likeness (QED) is 0.634. The van der Waals surface area contributed by atoms with Crippen molar-refractivity contribution in [2.45, 2.75) is 0 Å². The van der Waals surface area contributed by atoms with E-state index in [1.165, 1.54) is 0 Å². The van der Waals surface area contributed by atoms with Crippen LogP contribution in [0.1, 0.15) is 0 Å². The van der Waals surface area contributed by atoms with Gasteiger partial charge in [0, 0.05) is 5.38 Å². The molecule has 0 nitrogen and oxygen atoms in total. The van der Waals surface area contributed by atoms with E-state index in [4.69, 9.17) is 0 Å². The molecule has 1 rings (SSSR count). The molecule has 1 radical (unpaired) electrons. The lowest BCUT2D eigenvalue weighted by molar-refractivity contribution is 2.01. The summed E-state index contributed by atoms with van der Waals surface area (Å²) in [4.78, 5) is 0. The Hall–Kier alpha value is 1.43. The number of hydrogen-bond donors (Lipinski definition) is 0. The minimum absolute atomic E-state index is 0.0417. The molecule has 0 atom stereocenters. The fraction of sp³-hybridized carbons (Fsp3) is 0. The molecule has 41 valence electrons. The standard InChI is InChI=1S/C4H3S.2BrH.Mg/c1-2-4-5-3-1;;;/h1-3H;2*1H;/q;;;+2/p-2. The Morgan fingerprint density at radius 2 is 2.12 bits per heavy atom. The van der Waals surface area contributed by atoms with E-state index in [0.29, 0.717) is 0 Å². The van der Waals surface area contributed by atoms with Gasteiger partial charge in [-0.3, -0.25) is 25.8 Å². The molecule has 0 amide bonds. The highest BCUT2D eigenvalue weighted by Gasteiger charge is 1.62. The summed E-state index contributed by atoms with van der Waals surface area (Å²) in [6.45, 7) is 0. The third-order valence-electron chi connectivity index (χ3n) is 0.379. The van der Waals surface area contributed by atoms with Crippen molar-refractivity contribution >= 4 is 53.1 Å². The van der Waals surface area contributed by atoms with E-state index in [0.717, 1.165) is 0 Å². The summed E-state index contributed by atoms with van der Waals surface area (Å²) in [6.07, 6.45) is 0. The largest absolute Gasteiger partial charge is 0.560 e. The maximum absolute atomic E-state index is 3.20. The van der Waals surface area contributed by atoms with Crippen LogP contribution in [0.25, 0.3) is 0 Å². The van der Waals surface area contributed by atoms with Crippen LogP contribution >= 0.6 is 37.1 Å². The van der Waals surface area contributed by atoms with E-state index in [1.807, 2.05) is 17.5 Å². The smallest absolute Gasteiger partial charge is 0.280 e. The van der Waals surface area contributed by atoms with E-state index >= 15 is 0 Å². The Morgan fingerprint density at radius 3 is 2.25 bits per heavy atom. The highest BCUT2D eigenvalue weighted by molar-refractivity contribution is 9.47. The molecule has 0 saturated heterocycles. The fourth-order valence-electron chi connectivity index (χ4n) is 0.196. The highest BCUT2D eigenvalue weighted by atomic mass is 79.9. The molecule has 0 spiro atoms. The molecule has 0 N–H and O–H groups in total. The van der Waals surface area contributed by atoms with Crippen molar-refractivity contribution in [3.8, 4) is 0 Å². The third kappa shape index (κ3) is 7.43. The predicted molar refractivity (Wildman–Crippen MR) is 46.8 cm³/mol. The van der Waals surface area contributed by atoms with Crippen LogP contribution in [-0.4, -0.2) is 16.0 Å². The maximum Gasteiger partial charge on any atom is 0.560 e. The molecule has 0 fully saturated rings. The van der Waals surface area contributed by atoms with Gasteiger partial charge in [-0.1, -0.05) is 6.07 Å². The first-order chi connectivity index (χ1) is 3.91. The Balaban J connectivity index is 0.000000145. The third-order valence-corrected chi connectivity index (χ3v) is 0.944. The van der Waals surface area contributed by atoms with Gasteiger partial charge in [0.25, 0.3) is 0 Å². The summed E-state index contributed by atoms with van der Waals surface area (Å²) >= 11 is 8.03. The van der Waals surface area contributed by atoms with Gasteiger partial charge >= 0.3 is 16.0 Å². The van der Waals surface area contributed by atoms with E-state index in [1.54, 1.807) is 11.3 Å². The van der Waals surface area contributed by atoms with Crippen LogP contribution in [0.2, 0.25) is 0 Å². The second-order valence-electron chi connectivity index (χ2n) is 0.832. The molecule has 1 aromatic rings. The lowest BCUT2D eigenvalue weighted by Gasteiger charge is -1.38. The monoisotopic (exact) mass is 265 g/mol. The van der Waals surface area contributed by atoms with Gasteiger partial charge in [0.15, 0.2) is 0 Å². The summed E-state index contributed by atoms with van der Waals surface area (Å²) in [5, 5.41) is 4.89. The summed E-state index contributed by atoms with van der Waals surface area (Å²) in [5.41, 5.74) is 0. The summed E-state index contributed by atoms with van der Waals surface area (Å²) in [5.74, 6) is 0. The first-order valence-corrected chi connectivity index (χ1v) is 10.6. The molecule has 0 aromatic carbocycles. The molecule has 4 heteroatoms. The molecule has 0 unspecified atom stereocenters. The van der Waals surface area contributed by atoms with Crippen molar-refractivity contribution in [3.05, 3.63) is 22.9 Å². The summed E-state index contributed by atoms with van der Waals surface area (Å²) < 4.78 is 0. The molecule has 0 bridgehead atoms. The topological polar surface area (TPSA) is 0 Å². The van der Waals surface area contributed by atoms with Crippen LogP contribution in [0.5, 0.6) is 0 Å². The van der Waals surface area contributed by atoms with Crippen molar-refractivity contribution < 1.29 is 0 Å². The van der Waals surface area contributed by atoms with Crippen molar-refractivity contribution in [2.24, 2.45) is 0 Å². The van der Waals surface area contributed by atoms with Gasteiger partial charge in [-0.05, 0) is 11.4 Å². The van der Waals surface area contributed by atoms with Crippen LogP contribution in [-0.2, 0) is 0 Å². The van der Waals surface area contributed by atoms with Gasteiger partial charge in [-0.2, -0.15) is 0 Å². The maximum atomic E-state index is 3.20. The zero-order valence-corrected chi connectivity index (χ0v) is 9.51. The second-order valence-corrected chi connectivity index (χ2v) is 9.66.